The highest BCUT2D eigenvalue weighted by Crippen LogP contribution is 2.28. The fourth-order valence-electron chi connectivity index (χ4n) is 1.88. The van der Waals surface area contributed by atoms with Gasteiger partial charge in [0, 0.05) is 4.88 Å². The molecule has 7 heteroatoms. The molecule has 0 atom stereocenters. The molecular weight excluding hydrogens is 304 g/mol. The third-order valence-corrected chi connectivity index (χ3v) is 3.91. The molecule has 0 radical (unpaired) electrons. The van der Waals surface area contributed by atoms with Crippen molar-refractivity contribution in [3.05, 3.63) is 51.4 Å². The SMILES string of the molecule is COc1ccccc1-c1n[nH]c(=S)n1/N=C\c1cccs1. The van der Waals surface area contributed by atoms with Crippen molar-refractivity contribution in [2.75, 3.05) is 7.11 Å². The third kappa shape index (κ3) is 2.79. The maximum Gasteiger partial charge on any atom is 0.216 e. The Morgan fingerprint density at radius 1 is 1.33 bits per heavy atom. The average Bonchev–Trinajstić information content (AvgIpc) is 3.15. The third-order valence-electron chi connectivity index (χ3n) is 2.84. The van der Waals surface area contributed by atoms with Crippen molar-refractivity contribution in [2.24, 2.45) is 5.10 Å². The van der Waals surface area contributed by atoms with E-state index in [2.05, 4.69) is 15.3 Å². The Kier molecular flexibility index (Phi) is 3.94. The van der Waals surface area contributed by atoms with Gasteiger partial charge in [-0.2, -0.15) is 14.9 Å². The zero-order valence-electron chi connectivity index (χ0n) is 11.2. The van der Waals surface area contributed by atoms with Crippen LogP contribution >= 0.6 is 23.6 Å². The summed E-state index contributed by atoms with van der Waals surface area (Å²) in [6.45, 7) is 0. The number of rotatable bonds is 4. The zero-order chi connectivity index (χ0) is 14.7. The van der Waals surface area contributed by atoms with E-state index in [-0.39, 0.29) is 0 Å². The van der Waals surface area contributed by atoms with Crippen LogP contribution in [0, 0.1) is 4.77 Å². The number of thiophene rings is 1. The van der Waals surface area contributed by atoms with Gasteiger partial charge in [0.25, 0.3) is 0 Å². The fourth-order valence-corrected chi connectivity index (χ4v) is 2.64. The Labute approximate surface area is 130 Å². The van der Waals surface area contributed by atoms with Crippen LogP contribution in [-0.2, 0) is 0 Å². The Morgan fingerprint density at radius 2 is 2.19 bits per heavy atom. The van der Waals surface area contributed by atoms with Gasteiger partial charge in [-0.25, -0.2) is 5.10 Å². The molecule has 0 fully saturated rings. The molecule has 21 heavy (non-hydrogen) atoms. The van der Waals surface area contributed by atoms with E-state index in [1.165, 1.54) is 0 Å². The van der Waals surface area contributed by atoms with Crippen LogP contribution in [-0.4, -0.2) is 28.2 Å². The highest BCUT2D eigenvalue weighted by atomic mass is 32.1. The van der Waals surface area contributed by atoms with Crippen LogP contribution in [0.15, 0.2) is 46.9 Å². The standard InChI is InChI=1S/C14H12N4OS2/c1-19-12-7-3-2-6-11(12)13-16-17-14(20)18(13)15-9-10-5-4-8-21-10/h2-9H,1H3,(H,17,20)/b15-9-. The van der Waals surface area contributed by atoms with Gasteiger partial charge in [0.1, 0.15) is 5.75 Å². The molecule has 3 rings (SSSR count). The van der Waals surface area contributed by atoms with Crippen molar-refractivity contribution >= 4 is 29.8 Å². The number of aromatic amines is 1. The number of methoxy groups -OCH3 is 1. The van der Waals surface area contributed by atoms with Crippen LogP contribution in [0.25, 0.3) is 11.4 Å². The fraction of sp³-hybridized carbons (Fsp3) is 0.0714. The van der Waals surface area contributed by atoms with Gasteiger partial charge in [-0.1, -0.05) is 18.2 Å². The van der Waals surface area contributed by atoms with E-state index >= 15 is 0 Å². The number of ether oxygens (including phenoxy) is 1. The first kappa shape index (κ1) is 13.7. The normalized spacial score (nSPS) is 11.1. The first-order valence-corrected chi connectivity index (χ1v) is 7.47. The first-order valence-electron chi connectivity index (χ1n) is 6.18. The molecule has 0 aliphatic heterocycles. The largest absolute Gasteiger partial charge is 0.496 e. The second-order valence-electron chi connectivity index (χ2n) is 4.12. The van der Waals surface area contributed by atoms with E-state index in [9.17, 15) is 0 Å². The summed E-state index contributed by atoms with van der Waals surface area (Å²) in [5, 5.41) is 13.4. The van der Waals surface area contributed by atoms with Crippen molar-refractivity contribution < 1.29 is 4.74 Å². The summed E-state index contributed by atoms with van der Waals surface area (Å²) < 4.78 is 7.39. The number of hydrogen-bond acceptors (Lipinski definition) is 5. The molecule has 2 heterocycles. The number of benzene rings is 1. The smallest absolute Gasteiger partial charge is 0.216 e. The van der Waals surface area contributed by atoms with E-state index in [0.29, 0.717) is 10.6 Å². The summed E-state index contributed by atoms with van der Waals surface area (Å²) in [4.78, 5) is 1.05. The molecule has 5 nitrogen and oxygen atoms in total. The lowest BCUT2D eigenvalue weighted by Gasteiger charge is -2.06. The molecule has 0 aliphatic rings. The van der Waals surface area contributed by atoms with Crippen molar-refractivity contribution in [3.63, 3.8) is 0 Å². The lowest BCUT2D eigenvalue weighted by molar-refractivity contribution is 0.416. The Hall–Kier alpha value is -2.25. The highest BCUT2D eigenvalue weighted by molar-refractivity contribution is 7.71. The Balaban J connectivity index is 2.07. The number of para-hydroxylation sites is 1. The highest BCUT2D eigenvalue weighted by Gasteiger charge is 2.12. The van der Waals surface area contributed by atoms with Gasteiger partial charge in [0.2, 0.25) is 4.77 Å². The molecule has 3 aromatic rings. The van der Waals surface area contributed by atoms with Crippen LogP contribution in [0.1, 0.15) is 4.88 Å². The van der Waals surface area contributed by atoms with E-state index in [1.807, 2.05) is 41.8 Å². The second kappa shape index (κ2) is 6.02. The van der Waals surface area contributed by atoms with Crippen LogP contribution in [0.2, 0.25) is 0 Å². The monoisotopic (exact) mass is 316 g/mol. The van der Waals surface area contributed by atoms with Crippen LogP contribution in [0.3, 0.4) is 0 Å². The maximum atomic E-state index is 5.36. The molecule has 0 spiro atoms. The minimum Gasteiger partial charge on any atom is -0.496 e. The molecule has 0 amide bonds. The van der Waals surface area contributed by atoms with Gasteiger partial charge in [-0.05, 0) is 35.8 Å². The summed E-state index contributed by atoms with van der Waals surface area (Å²) in [7, 11) is 1.62. The predicted octanol–water partition coefficient (Wildman–Crippen LogP) is 3.56. The number of aromatic nitrogens is 3. The summed E-state index contributed by atoms with van der Waals surface area (Å²) in [6, 6.07) is 11.6. The Morgan fingerprint density at radius 3 is 2.95 bits per heavy atom. The van der Waals surface area contributed by atoms with Gasteiger partial charge in [0.05, 0.1) is 18.9 Å². The van der Waals surface area contributed by atoms with Crippen molar-refractivity contribution in [1.82, 2.24) is 14.9 Å². The molecule has 1 aromatic carbocycles. The van der Waals surface area contributed by atoms with Crippen molar-refractivity contribution in [1.29, 1.82) is 0 Å². The van der Waals surface area contributed by atoms with Crippen molar-refractivity contribution in [2.45, 2.75) is 0 Å². The van der Waals surface area contributed by atoms with Gasteiger partial charge in [0.15, 0.2) is 5.82 Å². The number of nitrogens with one attached hydrogen (secondary N) is 1. The van der Waals surface area contributed by atoms with Gasteiger partial charge >= 0.3 is 0 Å². The topological polar surface area (TPSA) is 55.2 Å². The summed E-state index contributed by atoms with van der Waals surface area (Å²) >= 11 is 6.85. The summed E-state index contributed by atoms with van der Waals surface area (Å²) in [5.41, 5.74) is 0.829. The molecule has 0 bridgehead atoms. The molecule has 0 saturated heterocycles. The molecule has 2 aromatic heterocycles. The van der Waals surface area contributed by atoms with E-state index in [1.54, 1.807) is 29.3 Å². The molecule has 0 aliphatic carbocycles. The summed E-state index contributed by atoms with van der Waals surface area (Å²) in [6.07, 6.45) is 1.76. The van der Waals surface area contributed by atoms with Gasteiger partial charge in [-0.3, -0.25) is 0 Å². The molecule has 1 N–H and O–H groups in total. The van der Waals surface area contributed by atoms with Crippen LogP contribution in [0.4, 0.5) is 0 Å². The lowest BCUT2D eigenvalue weighted by atomic mass is 10.2. The molecular formula is C14H12N4OS2. The zero-order valence-corrected chi connectivity index (χ0v) is 12.8. The predicted molar refractivity (Wildman–Crippen MR) is 86.7 cm³/mol. The molecule has 106 valence electrons. The quantitative estimate of drug-likeness (QED) is 0.591. The summed E-state index contributed by atoms with van der Waals surface area (Å²) in [5.74, 6) is 1.34. The van der Waals surface area contributed by atoms with E-state index in [0.717, 1.165) is 16.2 Å². The lowest BCUT2D eigenvalue weighted by Crippen LogP contribution is -1.96. The minimum atomic E-state index is 0.434. The maximum absolute atomic E-state index is 5.36. The van der Waals surface area contributed by atoms with Crippen LogP contribution < -0.4 is 4.74 Å². The van der Waals surface area contributed by atoms with Crippen molar-refractivity contribution in [3.8, 4) is 17.1 Å². The molecule has 0 saturated carbocycles. The van der Waals surface area contributed by atoms with E-state index in [4.69, 9.17) is 17.0 Å². The number of nitrogens with zero attached hydrogens (tertiary/aromatic N) is 3. The number of H-pyrrole nitrogens is 1. The Bertz CT molecular complexity index is 818. The number of hydrogen-bond donors (Lipinski definition) is 1. The second-order valence-corrected chi connectivity index (χ2v) is 5.49. The molecule has 0 unspecified atom stereocenters. The minimum absolute atomic E-state index is 0.434. The van der Waals surface area contributed by atoms with Gasteiger partial charge in [-0.15, -0.1) is 11.3 Å². The van der Waals surface area contributed by atoms with Gasteiger partial charge < -0.3 is 4.74 Å². The first-order chi connectivity index (χ1) is 10.3. The van der Waals surface area contributed by atoms with Crippen LogP contribution in [0.5, 0.6) is 5.75 Å². The average molecular weight is 316 g/mol. The van der Waals surface area contributed by atoms with E-state index < -0.39 is 0 Å².